The summed E-state index contributed by atoms with van der Waals surface area (Å²) in [5.74, 6) is 0.274. The number of carbonyl (C=O) groups excluding carboxylic acids is 1. The van der Waals surface area contributed by atoms with Crippen molar-refractivity contribution < 1.29 is 4.79 Å². The van der Waals surface area contributed by atoms with E-state index in [2.05, 4.69) is 10.3 Å². The molecule has 4 heteroatoms. The van der Waals surface area contributed by atoms with Gasteiger partial charge in [-0.1, -0.05) is 6.07 Å². The quantitative estimate of drug-likeness (QED) is 0.690. The first-order chi connectivity index (χ1) is 6.58. The van der Waals surface area contributed by atoms with Gasteiger partial charge in [0.2, 0.25) is 0 Å². The van der Waals surface area contributed by atoms with E-state index in [0.29, 0.717) is 11.5 Å². The third-order valence-corrected chi connectivity index (χ3v) is 1.50. The highest BCUT2D eigenvalue weighted by molar-refractivity contribution is 5.98. The van der Waals surface area contributed by atoms with Gasteiger partial charge in [0, 0.05) is 17.5 Å². The zero-order valence-corrected chi connectivity index (χ0v) is 8.24. The van der Waals surface area contributed by atoms with Crippen molar-refractivity contribution in [2.24, 2.45) is 5.73 Å². The number of hydrogen-bond donors (Lipinski definition) is 2. The number of rotatable bonds is 2. The van der Waals surface area contributed by atoms with Gasteiger partial charge in [0.15, 0.2) is 0 Å². The van der Waals surface area contributed by atoms with E-state index in [-0.39, 0.29) is 5.91 Å². The largest absolute Gasteiger partial charge is 0.402 e. The monoisotopic (exact) mass is 191 g/mol. The van der Waals surface area contributed by atoms with E-state index >= 15 is 0 Å². The van der Waals surface area contributed by atoms with Gasteiger partial charge in [-0.05, 0) is 26.0 Å². The minimum atomic E-state index is -0.261. The Kier molecular flexibility index (Phi) is 3.23. The van der Waals surface area contributed by atoms with Crippen molar-refractivity contribution in [3.63, 3.8) is 0 Å². The van der Waals surface area contributed by atoms with Crippen LogP contribution in [-0.4, -0.2) is 10.9 Å². The predicted molar refractivity (Wildman–Crippen MR) is 55.5 cm³/mol. The molecule has 0 aliphatic rings. The first-order valence-corrected chi connectivity index (χ1v) is 4.26. The van der Waals surface area contributed by atoms with Crippen LogP contribution in [-0.2, 0) is 4.79 Å². The first kappa shape index (κ1) is 10.2. The van der Waals surface area contributed by atoms with Crippen molar-refractivity contribution in [1.29, 1.82) is 0 Å². The van der Waals surface area contributed by atoms with Gasteiger partial charge in [-0.25, -0.2) is 4.98 Å². The summed E-state index contributed by atoms with van der Waals surface area (Å²) in [6.07, 6.45) is 1.32. The van der Waals surface area contributed by atoms with Crippen LogP contribution in [0, 0.1) is 6.92 Å². The third-order valence-electron chi connectivity index (χ3n) is 1.50. The number of hydrogen-bond acceptors (Lipinski definition) is 3. The lowest BCUT2D eigenvalue weighted by atomic mass is 10.3. The highest BCUT2D eigenvalue weighted by Crippen LogP contribution is 2.03. The molecule has 0 saturated heterocycles. The second-order valence-corrected chi connectivity index (χ2v) is 3.04. The van der Waals surface area contributed by atoms with Gasteiger partial charge in [-0.15, -0.1) is 0 Å². The molecule has 0 aromatic carbocycles. The van der Waals surface area contributed by atoms with Crippen LogP contribution in [0.1, 0.15) is 12.6 Å². The Bertz CT molecular complexity index is 367. The SMILES string of the molecule is C/C(N)=C/C(=O)Nc1cccc(C)n1. The number of pyridine rings is 1. The molecule has 0 radical (unpaired) electrons. The summed E-state index contributed by atoms with van der Waals surface area (Å²) in [7, 11) is 0. The van der Waals surface area contributed by atoms with Gasteiger partial charge in [0.25, 0.3) is 5.91 Å². The number of anilines is 1. The van der Waals surface area contributed by atoms with Crippen molar-refractivity contribution in [3.05, 3.63) is 35.7 Å². The maximum Gasteiger partial charge on any atom is 0.251 e. The number of nitrogens with two attached hydrogens (primary N) is 1. The normalized spacial score (nSPS) is 11.1. The van der Waals surface area contributed by atoms with Crippen molar-refractivity contribution >= 4 is 11.7 Å². The van der Waals surface area contributed by atoms with Crippen LogP contribution in [0.25, 0.3) is 0 Å². The standard InChI is InChI=1S/C10H13N3O/c1-7(11)6-10(14)13-9-5-3-4-8(2)12-9/h3-6H,11H2,1-2H3,(H,12,13,14)/b7-6-. The number of carbonyl (C=O) groups is 1. The lowest BCUT2D eigenvalue weighted by molar-refractivity contribution is -0.112. The van der Waals surface area contributed by atoms with Gasteiger partial charge in [-0.2, -0.15) is 0 Å². The first-order valence-electron chi connectivity index (χ1n) is 4.26. The Morgan fingerprint density at radius 3 is 2.86 bits per heavy atom. The lowest BCUT2D eigenvalue weighted by Gasteiger charge is -2.01. The van der Waals surface area contributed by atoms with Crippen LogP contribution in [0.3, 0.4) is 0 Å². The predicted octanol–water partition coefficient (Wildman–Crippen LogP) is 1.19. The molecule has 0 saturated carbocycles. The minimum Gasteiger partial charge on any atom is -0.402 e. The van der Waals surface area contributed by atoms with E-state index in [4.69, 9.17) is 5.73 Å². The summed E-state index contributed by atoms with van der Waals surface area (Å²) in [6, 6.07) is 5.42. The van der Waals surface area contributed by atoms with E-state index < -0.39 is 0 Å². The molecule has 1 amide bonds. The Morgan fingerprint density at radius 2 is 2.29 bits per heavy atom. The van der Waals surface area contributed by atoms with Gasteiger partial charge < -0.3 is 11.1 Å². The fourth-order valence-corrected chi connectivity index (χ4v) is 0.982. The molecule has 3 N–H and O–H groups in total. The molecule has 1 aromatic heterocycles. The molecule has 0 aliphatic heterocycles. The van der Waals surface area contributed by atoms with E-state index in [1.807, 2.05) is 19.1 Å². The molecule has 0 spiro atoms. The minimum absolute atomic E-state index is 0.261. The van der Waals surface area contributed by atoms with E-state index in [1.165, 1.54) is 6.08 Å². The molecule has 1 aromatic rings. The molecule has 4 nitrogen and oxygen atoms in total. The molecular weight excluding hydrogens is 178 g/mol. The third kappa shape index (κ3) is 3.26. The van der Waals surface area contributed by atoms with E-state index in [0.717, 1.165) is 5.69 Å². The van der Waals surface area contributed by atoms with Crippen LogP contribution in [0.5, 0.6) is 0 Å². The topological polar surface area (TPSA) is 68.0 Å². The Hall–Kier alpha value is -1.84. The molecule has 1 rings (SSSR count). The number of aryl methyl sites for hydroxylation is 1. The average Bonchev–Trinajstić information content (AvgIpc) is 2.01. The van der Waals surface area contributed by atoms with Crippen molar-refractivity contribution in [3.8, 4) is 0 Å². The van der Waals surface area contributed by atoms with Gasteiger partial charge in [0.05, 0.1) is 0 Å². The Morgan fingerprint density at radius 1 is 1.57 bits per heavy atom. The molecule has 0 bridgehead atoms. The van der Waals surface area contributed by atoms with Crippen molar-refractivity contribution in [2.75, 3.05) is 5.32 Å². The fourth-order valence-electron chi connectivity index (χ4n) is 0.982. The van der Waals surface area contributed by atoms with Crippen LogP contribution >= 0.6 is 0 Å². The highest BCUT2D eigenvalue weighted by atomic mass is 16.1. The van der Waals surface area contributed by atoms with Gasteiger partial charge >= 0.3 is 0 Å². The number of allylic oxidation sites excluding steroid dienone is 1. The summed E-state index contributed by atoms with van der Waals surface area (Å²) < 4.78 is 0. The number of amides is 1. The summed E-state index contributed by atoms with van der Waals surface area (Å²) in [4.78, 5) is 15.3. The summed E-state index contributed by atoms with van der Waals surface area (Å²) >= 11 is 0. The zero-order chi connectivity index (χ0) is 10.6. The maximum atomic E-state index is 11.2. The molecule has 0 fully saturated rings. The molecule has 1 heterocycles. The summed E-state index contributed by atoms with van der Waals surface area (Å²) in [5, 5.41) is 2.61. The van der Waals surface area contributed by atoms with E-state index in [9.17, 15) is 4.79 Å². The molecule has 74 valence electrons. The summed E-state index contributed by atoms with van der Waals surface area (Å²) in [6.45, 7) is 3.52. The lowest BCUT2D eigenvalue weighted by Crippen LogP contribution is -2.11. The van der Waals surface area contributed by atoms with Gasteiger partial charge in [0.1, 0.15) is 5.82 Å². The number of nitrogens with zero attached hydrogens (tertiary/aromatic N) is 1. The second kappa shape index (κ2) is 4.41. The molecule has 14 heavy (non-hydrogen) atoms. The van der Waals surface area contributed by atoms with Crippen molar-refractivity contribution in [1.82, 2.24) is 4.98 Å². The molecule has 0 atom stereocenters. The Labute approximate surface area is 82.8 Å². The molecule has 0 aliphatic carbocycles. The number of nitrogens with one attached hydrogen (secondary N) is 1. The zero-order valence-electron chi connectivity index (χ0n) is 8.24. The van der Waals surface area contributed by atoms with Crippen molar-refractivity contribution in [2.45, 2.75) is 13.8 Å². The fraction of sp³-hybridized carbons (Fsp3) is 0.200. The van der Waals surface area contributed by atoms with Crippen LogP contribution in [0.2, 0.25) is 0 Å². The van der Waals surface area contributed by atoms with E-state index in [1.54, 1.807) is 13.0 Å². The molecule has 0 unspecified atom stereocenters. The Balaban J connectivity index is 2.70. The summed E-state index contributed by atoms with van der Waals surface area (Å²) in [5.41, 5.74) is 6.68. The maximum absolute atomic E-state index is 11.2. The smallest absolute Gasteiger partial charge is 0.251 e. The average molecular weight is 191 g/mol. The second-order valence-electron chi connectivity index (χ2n) is 3.04. The van der Waals surface area contributed by atoms with Crippen LogP contribution < -0.4 is 11.1 Å². The molecular formula is C10H13N3O. The van der Waals surface area contributed by atoms with Crippen LogP contribution in [0.15, 0.2) is 30.0 Å². The van der Waals surface area contributed by atoms with Crippen LogP contribution in [0.4, 0.5) is 5.82 Å². The van der Waals surface area contributed by atoms with Gasteiger partial charge in [-0.3, -0.25) is 4.79 Å². The highest BCUT2D eigenvalue weighted by Gasteiger charge is 1.99. The number of aromatic nitrogens is 1.